The number of aromatic nitrogens is 1. The van der Waals surface area contributed by atoms with E-state index in [1.54, 1.807) is 17.5 Å². The lowest BCUT2D eigenvalue weighted by Crippen LogP contribution is -2.20. The maximum Gasteiger partial charge on any atom is 0.246 e. The van der Waals surface area contributed by atoms with E-state index in [4.69, 9.17) is 10.5 Å². The molecule has 0 aliphatic carbocycles. The normalized spacial score (nSPS) is 10.8. The van der Waals surface area contributed by atoms with Crippen LogP contribution in [0.5, 0.6) is 11.5 Å². The molecule has 0 aliphatic rings. The number of methoxy groups -OCH3 is 1. The van der Waals surface area contributed by atoms with Gasteiger partial charge in [0, 0.05) is 10.9 Å². The van der Waals surface area contributed by atoms with Crippen molar-refractivity contribution in [1.82, 2.24) is 10.4 Å². The van der Waals surface area contributed by atoms with E-state index in [0.717, 1.165) is 0 Å². The lowest BCUT2D eigenvalue weighted by molar-refractivity contribution is -0.120. The first kappa shape index (κ1) is 16.2. The van der Waals surface area contributed by atoms with Gasteiger partial charge in [-0.05, 0) is 28.1 Å². The third-order valence-corrected chi connectivity index (χ3v) is 4.19. The Morgan fingerprint density at radius 2 is 2.41 bits per heavy atom. The summed E-state index contributed by atoms with van der Waals surface area (Å²) in [7, 11) is 1.46. The number of phenols is 1. The predicted molar refractivity (Wildman–Crippen MR) is 88.3 cm³/mol. The Labute approximate surface area is 139 Å². The third kappa shape index (κ3) is 3.95. The van der Waals surface area contributed by atoms with Gasteiger partial charge < -0.3 is 15.6 Å². The van der Waals surface area contributed by atoms with Crippen molar-refractivity contribution in [1.29, 1.82) is 0 Å². The summed E-state index contributed by atoms with van der Waals surface area (Å²) >= 11 is 4.52. The molecule has 0 aliphatic heterocycles. The van der Waals surface area contributed by atoms with Gasteiger partial charge in [-0.25, -0.2) is 10.4 Å². The molecule has 0 unspecified atom stereocenters. The van der Waals surface area contributed by atoms with E-state index in [-0.39, 0.29) is 18.1 Å². The number of benzene rings is 1. The van der Waals surface area contributed by atoms with Crippen LogP contribution in [-0.4, -0.2) is 29.3 Å². The van der Waals surface area contributed by atoms with Crippen molar-refractivity contribution < 1.29 is 14.6 Å². The van der Waals surface area contributed by atoms with Crippen molar-refractivity contribution in [3.8, 4) is 11.5 Å². The molecule has 0 bridgehead atoms. The van der Waals surface area contributed by atoms with Gasteiger partial charge in [0.25, 0.3) is 0 Å². The van der Waals surface area contributed by atoms with Crippen molar-refractivity contribution in [2.45, 2.75) is 6.42 Å². The first-order valence-corrected chi connectivity index (χ1v) is 7.75. The van der Waals surface area contributed by atoms with E-state index in [1.165, 1.54) is 24.7 Å². The number of hydrazone groups is 1. The van der Waals surface area contributed by atoms with Crippen molar-refractivity contribution in [3.63, 3.8) is 0 Å². The van der Waals surface area contributed by atoms with Gasteiger partial charge >= 0.3 is 0 Å². The SMILES string of the molecule is COc1ccc(/C=N/NC(=O)Cc2csc(N)n2)c(Br)c1O. The number of ether oxygens (including phenoxy) is 1. The van der Waals surface area contributed by atoms with Gasteiger partial charge in [-0.3, -0.25) is 4.79 Å². The Morgan fingerprint density at radius 3 is 3.05 bits per heavy atom. The highest BCUT2D eigenvalue weighted by molar-refractivity contribution is 9.10. The maximum absolute atomic E-state index is 11.7. The average Bonchev–Trinajstić information content (AvgIpc) is 2.89. The molecule has 1 aromatic heterocycles. The number of hydrogen-bond donors (Lipinski definition) is 3. The van der Waals surface area contributed by atoms with Gasteiger partial charge in [0.05, 0.1) is 29.9 Å². The zero-order valence-electron chi connectivity index (χ0n) is 11.5. The topological polar surface area (TPSA) is 110 Å². The second-order valence-electron chi connectivity index (χ2n) is 4.17. The molecule has 0 fully saturated rings. The van der Waals surface area contributed by atoms with Crippen molar-refractivity contribution >= 4 is 44.5 Å². The smallest absolute Gasteiger partial charge is 0.246 e. The fourth-order valence-electron chi connectivity index (χ4n) is 1.61. The van der Waals surface area contributed by atoms with Crippen molar-refractivity contribution in [3.05, 3.63) is 33.2 Å². The molecule has 1 amide bonds. The van der Waals surface area contributed by atoms with E-state index >= 15 is 0 Å². The maximum atomic E-state index is 11.7. The van der Waals surface area contributed by atoms with E-state index < -0.39 is 0 Å². The van der Waals surface area contributed by atoms with Gasteiger partial charge in [-0.15, -0.1) is 11.3 Å². The van der Waals surface area contributed by atoms with E-state index in [9.17, 15) is 9.90 Å². The molecule has 0 radical (unpaired) electrons. The number of aromatic hydroxyl groups is 1. The van der Waals surface area contributed by atoms with E-state index in [1.807, 2.05) is 0 Å². The minimum atomic E-state index is -0.310. The number of carbonyl (C=O) groups is 1. The fourth-order valence-corrected chi connectivity index (χ4v) is 2.60. The molecule has 9 heteroatoms. The Kier molecular flexibility index (Phi) is 5.34. The van der Waals surface area contributed by atoms with Crippen LogP contribution in [0.2, 0.25) is 0 Å². The molecule has 1 aromatic carbocycles. The molecule has 0 spiro atoms. The number of phenolic OH excluding ortho intramolecular Hbond substituents is 1. The van der Waals surface area contributed by atoms with Crippen LogP contribution in [0.1, 0.15) is 11.3 Å². The van der Waals surface area contributed by atoms with Crippen LogP contribution in [0.25, 0.3) is 0 Å². The molecular formula is C13H13BrN4O3S. The molecule has 2 aromatic rings. The summed E-state index contributed by atoms with van der Waals surface area (Å²) in [5, 5.41) is 15.8. The first-order chi connectivity index (χ1) is 10.5. The van der Waals surface area contributed by atoms with Gasteiger partial charge in [-0.2, -0.15) is 5.10 Å². The highest BCUT2D eigenvalue weighted by Gasteiger charge is 2.10. The fraction of sp³-hybridized carbons (Fsp3) is 0.154. The highest BCUT2D eigenvalue weighted by atomic mass is 79.9. The Hall–Kier alpha value is -2.13. The molecule has 116 valence electrons. The molecule has 7 nitrogen and oxygen atoms in total. The standard InChI is InChI=1S/C13H13BrN4O3S/c1-21-9-3-2-7(11(14)12(9)20)5-16-18-10(19)4-8-6-22-13(15)17-8/h2-3,5-6,20H,4H2,1H3,(H2,15,17)(H,18,19)/b16-5+. The largest absolute Gasteiger partial charge is 0.503 e. The first-order valence-electron chi connectivity index (χ1n) is 6.08. The lowest BCUT2D eigenvalue weighted by Gasteiger charge is -2.06. The summed E-state index contributed by atoms with van der Waals surface area (Å²) in [6.07, 6.45) is 1.51. The third-order valence-electron chi connectivity index (χ3n) is 2.63. The minimum absolute atomic E-state index is 0.0317. The molecule has 0 saturated heterocycles. The molecule has 1 heterocycles. The zero-order valence-corrected chi connectivity index (χ0v) is 13.9. The lowest BCUT2D eigenvalue weighted by atomic mass is 10.2. The number of thiazole rings is 1. The van der Waals surface area contributed by atoms with Crippen LogP contribution in [-0.2, 0) is 11.2 Å². The predicted octanol–water partition coefficient (Wildman–Crippen LogP) is 1.89. The minimum Gasteiger partial charge on any atom is -0.503 e. The number of carbonyl (C=O) groups excluding carboxylic acids is 1. The van der Waals surface area contributed by atoms with Gasteiger partial charge in [-0.1, -0.05) is 0 Å². The second kappa shape index (κ2) is 7.23. The monoisotopic (exact) mass is 384 g/mol. The number of nitrogen functional groups attached to an aromatic ring is 1. The average molecular weight is 385 g/mol. The molecule has 0 saturated carbocycles. The van der Waals surface area contributed by atoms with Crippen LogP contribution in [0.15, 0.2) is 27.1 Å². The van der Waals surface area contributed by atoms with Crippen LogP contribution < -0.4 is 15.9 Å². The summed E-state index contributed by atoms with van der Waals surface area (Å²) in [4.78, 5) is 15.7. The number of rotatable bonds is 5. The van der Waals surface area contributed by atoms with Gasteiger partial charge in [0.2, 0.25) is 5.91 Å². The number of nitrogens with one attached hydrogen (secondary N) is 1. The summed E-state index contributed by atoms with van der Waals surface area (Å²) in [6.45, 7) is 0. The molecule has 22 heavy (non-hydrogen) atoms. The summed E-state index contributed by atoms with van der Waals surface area (Å²) in [5.41, 5.74) is 9.07. The number of nitrogens with two attached hydrogens (primary N) is 1. The van der Waals surface area contributed by atoms with E-state index in [2.05, 4.69) is 31.4 Å². The number of anilines is 1. The number of nitrogens with zero attached hydrogens (tertiary/aromatic N) is 2. The molecular weight excluding hydrogens is 372 g/mol. The van der Waals surface area contributed by atoms with Crippen LogP contribution in [0.4, 0.5) is 5.13 Å². The molecule has 2 rings (SSSR count). The molecule has 0 atom stereocenters. The van der Waals surface area contributed by atoms with Crippen molar-refractivity contribution in [2.24, 2.45) is 5.10 Å². The van der Waals surface area contributed by atoms with Gasteiger partial charge in [0.1, 0.15) is 0 Å². The quantitative estimate of drug-likeness (QED) is 0.538. The Morgan fingerprint density at radius 1 is 1.64 bits per heavy atom. The van der Waals surface area contributed by atoms with E-state index in [0.29, 0.717) is 26.6 Å². The summed E-state index contributed by atoms with van der Waals surface area (Å²) < 4.78 is 5.41. The van der Waals surface area contributed by atoms with Gasteiger partial charge in [0.15, 0.2) is 16.6 Å². The number of halogens is 1. The number of hydrogen-bond acceptors (Lipinski definition) is 7. The molecule has 4 N–H and O–H groups in total. The summed E-state index contributed by atoms with van der Waals surface area (Å²) in [6, 6.07) is 3.29. The van der Waals surface area contributed by atoms with Crippen LogP contribution in [0.3, 0.4) is 0 Å². The zero-order chi connectivity index (χ0) is 16.1. The second-order valence-corrected chi connectivity index (χ2v) is 5.85. The summed E-state index contributed by atoms with van der Waals surface area (Å²) in [5.74, 6) is 0.000289. The highest BCUT2D eigenvalue weighted by Crippen LogP contribution is 2.35. The van der Waals surface area contributed by atoms with Crippen LogP contribution >= 0.6 is 27.3 Å². The Balaban J connectivity index is 1.97. The Bertz CT molecular complexity index is 717. The number of amides is 1. The van der Waals surface area contributed by atoms with Crippen molar-refractivity contribution in [2.75, 3.05) is 12.8 Å². The van der Waals surface area contributed by atoms with Crippen LogP contribution in [0, 0.1) is 0 Å².